The fraction of sp³-hybridized carbons (Fsp3) is 0.588. The molecule has 0 saturated heterocycles. The minimum atomic E-state index is -0.840. The molecule has 0 amide bonds. The molecule has 0 fully saturated rings. The van der Waals surface area contributed by atoms with E-state index in [0.29, 0.717) is 11.0 Å². The Bertz CT molecular complexity index is 463. The molecule has 0 aliphatic rings. The van der Waals surface area contributed by atoms with E-state index in [9.17, 15) is 9.90 Å². The maximum atomic E-state index is 11.2. The molecule has 0 saturated carbocycles. The highest BCUT2D eigenvalue weighted by molar-refractivity contribution is 5.91. The number of carboxylic acid groups (broad SMARTS) is 1. The Morgan fingerprint density at radius 1 is 1.20 bits per heavy atom. The molecule has 1 N–H and O–H groups in total. The summed E-state index contributed by atoms with van der Waals surface area (Å²) in [5.74, 6) is -0.840. The first-order valence-electron chi connectivity index (χ1n) is 7.12. The Hall–Kier alpha value is -1.35. The zero-order chi connectivity index (χ0) is 15.5. The third kappa shape index (κ3) is 4.97. The Morgan fingerprint density at radius 3 is 2.10 bits per heavy atom. The lowest BCUT2D eigenvalue weighted by Crippen LogP contribution is -2.23. The van der Waals surface area contributed by atoms with Crippen molar-refractivity contribution in [3.05, 3.63) is 34.4 Å². The number of nitrogens with zero attached hydrogens (tertiary/aromatic N) is 1. The zero-order valence-electron chi connectivity index (χ0n) is 13.6. The van der Waals surface area contributed by atoms with Crippen molar-refractivity contribution in [3.8, 4) is 0 Å². The molecule has 1 rings (SSSR count). The molecule has 0 bridgehead atoms. The second-order valence-corrected chi connectivity index (χ2v) is 6.96. The second kappa shape index (κ2) is 6.40. The Labute approximate surface area is 122 Å². The van der Waals surface area contributed by atoms with Crippen LogP contribution in [0, 0.1) is 19.3 Å². The van der Waals surface area contributed by atoms with E-state index in [0.717, 1.165) is 30.6 Å². The largest absolute Gasteiger partial charge is 0.478 e. The van der Waals surface area contributed by atoms with Gasteiger partial charge in [-0.15, -0.1) is 0 Å². The molecule has 0 radical (unpaired) electrons. The second-order valence-electron chi connectivity index (χ2n) is 6.96. The fourth-order valence-corrected chi connectivity index (χ4v) is 2.40. The van der Waals surface area contributed by atoms with Crippen LogP contribution in [0.5, 0.6) is 0 Å². The number of hydrogen-bond donors (Lipinski definition) is 1. The maximum Gasteiger partial charge on any atom is 0.336 e. The molecule has 0 unspecified atom stereocenters. The quantitative estimate of drug-likeness (QED) is 0.888. The SMILES string of the molecule is Cc1cc(CN(C)CCC(C)(C)C)cc(C)c1C(=O)O. The molecule has 3 heteroatoms. The van der Waals surface area contributed by atoms with Crippen molar-refractivity contribution in [2.45, 2.75) is 47.6 Å². The number of aryl methyl sites for hydroxylation is 2. The molecule has 112 valence electrons. The first-order valence-corrected chi connectivity index (χ1v) is 7.12. The highest BCUT2D eigenvalue weighted by Gasteiger charge is 2.14. The highest BCUT2D eigenvalue weighted by atomic mass is 16.4. The van der Waals surface area contributed by atoms with E-state index in [4.69, 9.17) is 0 Å². The van der Waals surface area contributed by atoms with Crippen LogP contribution < -0.4 is 0 Å². The zero-order valence-corrected chi connectivity index (χ0v) is 13.6. The van der Waals surface area contributed by atoms with Crippen LogP contribution in [0.15, 0.2) is 12.1 Å². The summed E-state index contributed by atoms with van der Waals surface area (Å²) in [5, 5.41) is 9.18. The summed E-state index contributed by atoms with van der Waals surface area (Å²) in [6.45, 7) is 12.4. The summed E-state index contributed by atoms with van der Waals surface area (Å²) in [7, 11) is 2.11. The van der Waals surface area contributed by atoms with Crippen molar-refractivity contribution in [1.82, 2.24) is 4.90 Å². The summed E-state index contributed by atoms with van der Waals surface area (Å²) in [5.41, 5.74) is 3.65. The van der Waals surface area contributed by atoms with Crippen molar-refractivity contribution in [1.29, 1.82) is 0 Å². The average molecular weight is 277 g/mol. The molecular weight excluding hydrogens is 250 g/mol. The number of aromatic carboxylic acids is 1. The monoisotopic (exact) mass is 277 g/mol. The Kier molecular flexibility index (Phi) is 5.35. The van der Waals surface area contributed by atoms with Crippen LogP contribution >= 0.6 is 0 Å². The van der Waals surface area contributed by atoms with Crippen molar-refractivity contribution in [2.75, 3.05) is 13.6 Å². The van der Waals surface area contributed by atoms with Crippen molar-refractivity contribution in [3.63, 3.8) is 0 Å². The Morgan fingerprint density at radius 2 is 1.70 bits per heavy atom. The van der Waals surface area contributed by atoms with Crippen molar-refractivity contribution < 1.29 is 9.90 Å². The lowest BCUT2D eigenvalue weighted by Gasteiger charge is -2.24. The van der Waals surface area contributed by atoms with E-state index < -0.39 is 5.97 Å². The van der Waals surface area contributed by atoms with Gasteiger partial charge in [-0.05, 0) is 56.0 Å². The minimum absolute atomic E-state index is 0.341. The van der Waals surface area contributed by atoms with Gasteiger partial charge in [0.15, 0.2) is 0 Å². The van der Waals surface area contributed by atoms with Crippen molar-refractivity contribution >= 4 is 5.97 Å². The van der Waals surface area contributed by atoms with Gasteiger partial charge in [0.05, 0.1) is 5.56 Å². The molecule has 0 aliphatic carbocycles. The molecular formula is C17H27NO2. The van der Waals surface area contributed by atoms with Gasteiger partial charge in [-0.1, -0.05) is 32.9 Å². The van der Waals surface area contributed by atoms with E-state index >= 15 is 0 Å². The van der Waals surface area contributed by atoms with Gasteiger partial charge in [0, 0.05) is 6.54 Å². The van der Waals surface area contributed by atoms with Gasteiger partial charge in [-0.25, -0.2) is 4.79 Å². The predicted octanol–water partition coefficient (Wildman–Crippen LogP) is 3.87. The molecule has 1 aromatic rings. The normalized spacial score (nSPS) is 11.9. The molecule has 0 aliphatic heterocycles. The molecule has 0 spiro atoms. The molecule has 0 atom stereocenters. The smallest absolute Gasteiger partial charge is 0.336 e. The average Bonchev–Trinajstić information content (AvgIpc) is 2.23. The van der Waals surface area contributed by atoms with Gasteiger partial charge in [0.2, 0.25) is 0 Å². The lowest BCUT2D eigenvalue weighted by atomic mass is 9.92. The lowest BCUT2D eigenvalue weighted by molar-refractivity contribution is 0.0695. The van der Waals surface area contributed by atoms with Crippen LogP contribution in [0.25, 0.3) is 0 Å². The predicted molar refractivity (Wildman–Crippen MR) is 83.3 cm³/mol. The van der Waals surface area contributed by atoms with E-state index in [2.05, 4.69) is 32.7 Å². The van der Waals surface area contributed by atoms with Crippen LogP contribution in [0.4, 0.5) is 0 Å². The summed E-state index contributed by atoms with van der Waals surface area (Å²) >= 11 is 0. The topological polar surface area (TPSA) is 40.5 Å². The molecule has 0 aromatic heterocycles. The number of carbonyl (C=O) groups is 1. The molecule has 1 aromatic carbocycles. The van der Waals surface area contributed by atoms with Gasteiger partial charge < -0.3 is 10.0 Å². The van der Waals surface area contributed by atoms with Crippen LogP contribution in [-0.2, 0) is 6.54 Å². The number of rotatable bonds is 5. The van der Waals surface area contributed by atoms with Gasteiger partial charge in [0.1, 0.15) is 0 Å². The van der Waals surface area contributed by atoms with Gasteiger partial charge in [-0.3, -0.25) is 0 Å². The number of hydrogen-bond acceptors (Lipinski definition) is 2. The van der Waals surface area contributed by atoms with Gasteiger partial charge in [-0.2, -0.15) is 0 Å². The molecule has 0 heterocycles. The van der Waals surface area contributed by atoms with Crippen LogP contribution in [0.2, 0.25) is 0 Å². The van der Waals surface area contributed by atoms with Crippen LogP contribution in [-0.4, -0.2) is 29.6 Å². The minimum Gasteiger partial charge on any atom is -0.478 e. The van der Waals surface area contributed by atoms with Gasteiger partial charge >= 0.3 is 5.97 Å². The summed E-state index contributed by atoms with van der Waals surface area (Å²) in [4.78, 5) is 13.5. The first-order chi connectivity index (χ1) is 9.10. The summed E-state index contributed by atoms with van der Waals surface area (Å²) < 4.78 is 0. The highest BCUT2D eigenvalue weighted by Crippen LogP contribution is 2.20. The van der Waals surface area contributed by atoms with Gasteiger partial charge in [0.25, 0.3) is 0 Å². The number of benzene rings is 1. The van der Waals surface area contributed by atoms with E-state index in [1.807, 2.05) is 26.0 Å². The van der Waals surface area contributed by atoms with E-state index in [-0.39, 0.29) is 0 Å². The van der Waals surface area contributed by atoms with E-state index in [1.165, 1.54) is 5.56 Å². The number of carboxylic acids is 1. The third-order valence-electron chi connectivity index (χ3n) is 3.50. The standard InChI is InChI=1S/C17H27NO2/c1-12-9-14(10-13(2)15(12)16(19)20)11-18(6)8-7-17(3,4)5/h9-10H,7-8,11H2,1-6H3,(H,19,20). The molecule has 20 heavy (non-hydrogen) atoms. The molecule has 3 nitrogen and oxygen atoms in total. The fourth-order valence-electron chi connectivity index (χ4n) is 2.40. The third-order valence-corrected chi connectivity index (χ3v) is 3.50. The van der Waals surface area contributed by atoms with E-state index in [1.54, 1.807) is 0 Å². The summed E-state index contributed by atoms with van der Waals surface area (Å²) in [6.07, 6.45) is 1.15. The van der Waals surface area contributed by atoms with Crippen LogP contribution in [0.1, 0.15) is 54.2 Å². The van der Waals surface area contributed by atoms with Crippen LogP contribution in [0.3, 0.4) is 0 Å². The Balaban J connectivity index is 2.77. The maximum absolute atomic E-state index is 11.2. The first kappa shape index (κ1) is 16.7. The summed E-state index contributed by atoms with van der Waals surface area (Å²) in [6, 6.07) is 3.98. The van der Waals surface area contributed by atoms with Crippen molar-refractivity contribution in [2.24, 2.45) is 5.41 Å².